The second-order valence-corrected chi connectivity index (χ2v) is 8.19. The minimum Gasteiger partial charge on any atom is -0.322 e. The molecule has 1 aromatic heterocycles. The van der Waals surface area contributed by atoms with Gasteiger partial charge in [-0.15, -0.1) is 5.10 Å². The summed E-state index contributed by atoms with van der Waals surface area (Å²) in [6.07, 6.45) is 3.59. The van der Waals surface area contributed by atoms with E-state index in [1.807, 2.05) is 24.3 Å². The van der Waals surface area contributed by atoms with E-state index in [2.05, 4.69) is 57.8 Å². The van der Waals surface area contributed by atoms with Gasteiger partial charge in [-0.2, -0.15) is 0 Å². The average Bonchev–Trinajstić information content (AvgIpc) is 3.18. The Morgan fingerprint density at radius 2 is 1.90 bits per heavy atom. The third-order valence-corrected chi connectivity index (χ3v) is 5.82. The minimum atomic E-state index is -0.0918. The van der Waals surface area contributed by atoms with Gasteiger partial charge in [0.05, 0.1) is 0 Å². The normalized spacial score (nSPS) is 14.5. The Morgan fingerprint density at radius 3 is 2.61 bits per heavy atom. The van der Waals surface area contributed by atoms with E-state index in [0.29, 0.717) is 5.82 Å². The van der Waals surface area contributed by atoms with Crippen LogP contribution in [0, 0.1) is 13.8 Å². The van der Waals surface area contributed by atoms with Gasteiger partial charge >= 0.3 is 0 Å². The number of nitrogens with one attached hydrogen (secondary N) is 1. The second kappa shape index (κ2) is 9.22. The summed E-state index contributed by atoms with van der Waals surface area (Å²) in [5.41, 5.74) is 6.81. The molecule has 7 nitrogen and oxygen atoms in total. The zero-order valence-electron chi connectivity index (χ0n) is 18.3. The molecule has 0 aliphatic carbocycles. The molecular formula is C24H28N6O. The first-order valence-corrected chi connectivity index (χ1v) is 10.6. The smallest absolute Gasteiger partial charge is 0.248 e. The minimum absolute atomic E-state index is 0.0918. The summed E-state index contributed by atoms with van der Waals surface area (Å²) in [4.78, 5) is 15.0. The van der Waals surface area contributed by atoms with E-state index < -0.39 is 0 Å². The Morgan fingerprint density at radius 1 is 1.10 bits per heavy atom. The summed E-state index contributed by atoms with van der Waals surface area (Å²) in [5, 5.41) is 14.5. The van der Waals surface area contributed by atoms with Crippen LogP contribution < -0.4 is 5.32 Å². The van der Waals surface area contributed by atoms with Crippen molar-refractivity contribution in [2.75, 3.05) is 18.4 Å². The van der Waals surface area contributed by atoms with Crippen LogP contribution in [-0.2, 0) is 18.4 Å². The first-order chi connectivity index (χ1) is 15.0. The summed E-state index contributed by atoms with van der Waals surface area (Å²) in [7, 11) is 1.79. The number of carbonyl (C=O) groups excluding carboxylic acids is 1. The molecule has 0 unspecified atom stereocenters. The van der Waals surface area contributed by atoms with Crippen molar-refractivity contribution in [3.05, 3.63) is 70.8 Å². The lowest BCUT2D eigenvalue weighted by molar-refractivity contribution is -0.112. The van der Waals surface area contributed by atoms with Gasteiger partial charge < -0.3 is 5.32 Å². The molecule has 2 aromatic carbocycles. The van der Waals surface area contributed by atoms with Crippen molar-refractivity contribution in [2.45, 2.75) is 33.2 Å². The molecule has 1 saturated heterocycles. The Labute approximate surface area is 182 Å². The van der Waals surface area contributed by atoms with Gasteiger partial charge in [-0.3, -0.25) is 9.69 Å². The van der Waals surface area contributed by atoms with E-state index >= 15 is 0 Å². The van der Waals surface area contributed by atoms with Crippen LogP contribution in [-0.4, -0.2) is 44.1 Å². The highest BCUT2D eigenvalue weighted by atomic mass is 16.1. The van der Waals surface area contributed by atoms with Crippen molar-refractivity contribution in [1.82, 2.24) is 25.1 Å². The molecule has 1 amide bonds. The number of rotatable bonds is 5. The number of anilines is 1. The third-order valence-electron chi connectivity index (χ3n) is 5.82. The summed E-state index contributed by atoms with van der Waals surface area (Å²) < 4.78 is 1.61. The van der Waals surface area contributed by atoms with Gasteiger partial charge in [-0.1, -0.05) is 35.9 Å². The fourth-order valence-corrected chi connectivity index (χ4v) is 3.88. The molecule has 1 N–H and O–H groups in total. The summed E-state index contributed by atoms with van der Waals surface area (Å²) in [6, 6.07) is 14.2. The first-order valence-electron chi connectivity index (χ1n) is 10.6. The number of benzene rings is 2. The lowest BCUT2D eigenvalue weighted by Crippen LogP contribution is -2.30. The number of aromatic nitrogens is 4. The molecule has 0 radical (unpaired) electrons. The van der Waals surface area contributed by atoms with E-state index in [1.54, 1.807) is 17.8 Å². The van der Waals surface area contributed by atoms with Crippen LogP contribution in [0.5, 0.6) is 0 Å². The molecule has 7 heteroatoms. The number of hydrogen-bond donors (Lipinski definition) is 1. The summed E-state index contributed by atoms with van der Waals surface area (Å²) in [6.45, 7) is 7.21. The van der Waals surface area contributed by atoms with Gasteiger partial charge in [0.1, 0.15) is 0 Å². The molecule has 0 spiro atoms. The molecule has 0 saturated carbocycles. The highest BCUT2D eigenvalue weighted by molar-refractivity contribution is 6.00. The standard InChI is InChI=1S/C24H28N6O/c1-17-7-8-20(13-18(17)2)16-30-11-9-19(10-12-30)14-23(31)25-22-6-4-5-21(15-22)24-26-27-28-29(24)3/h4-8,13-15H,9-12,16H2,1-3H3,(H,25,31). The van der Waals surface area contributed by atoms with Crippen LogP contribution in [0.2, 0.25) is 0 Å². The van der Waals surface area contributed by atoms with Crippen LogP contribution in [0.1, 0.15) is 29.5 Å². The number of carbonyl (C=O) groups is 1. The van der Waals surface area contributed by atoms with Crippen molar-refractivity contribution in [2.24, 2.45) is 7.05 Å². The number of tetrazole rings is 1. The van der Waals surface area contributed by atoms with Crippen molar-refractivity contribution >= 4 is 11.6 Å². The molecule has 1 fully saturated rings. The molecule has 160 valence electrons. The molecule has 31 heavy (non-hydrogen) atoms. The number of hydrogen-bond acceptors (Lipinski definition) is 5. The highest BCUT2D eigenvalue weighted by Crippen LogP contribution is 2.21. The van der Waals surface area contributed by atoms with Crippen LogP contribution in [0.4, 0.5) is 5.69 Å². The van der Waals surface area contributed by atoms with Crippen LogP contribution in [0.15, 0.2) is 54.1 Å². The van der Waals surface area contributed by atoms with Crippen LogP contribution in [0.3, 0.4) is 0 Å². The van der Waals surface area contributed by atoms with E-state index in [-0.39, 0.29) is 5.91 Å². The summed E-state index contributed by atoms with van der Waals surface area (Å²) >= 11 is 0. The second-order valence-electron chi connectivity index (χ2n) is 8.19. The molecule has 4 rings (SSSR count). The van der Waals surface area contributed by atoms with Gasteiger partial charge in [-0.05, 0) is 65.9 Å². The molecule has 3 aromatic rings. The van der Waals surface area contributed by atoms with E-state index in [9.17, 15) is 4.79 Å². The maximum absolute atomic E-state index is 12.5. The molecular weight excluding hydrogens is 388 g/mol. The van der Waals surface area contributed by atoms with Crippen LogP contribution >= 0.6 is 0 Å². The predicted octanol–water partition coefficient (Wildman–Crippen LogP) is 3.65. The Hall–Kier alpha value is -3.32. The monoisotopic (exact) mass is 416 g/mol. The number of piperidine rings is 1. The Bertz CT molecular complexity index is 1110. The van der Waals surface area contributed by atoms with Crippen molar-refractivity contribution < 1.29 is 4.79 Å². The number of likely N-dealkylation sites (tertiary alicyclic amines) is 1. The molecule has 0 atom stereocenters. The van der Waals surface area contributed by atoms with E-state index in [4.69, 9.17) is 0 Å². The predicted molar refractivity (Wildman–Crippen MR) is 121 cm³/mol. The van der Waals surface area contributed by atoms with Gasteiger partial charge in [0, 0.05) is 44.0 Å². The van der Waals surface area contributed by atoms with Crippen molar-refractivity contribution in [1.29, 1.82) is 0 Å². The van der Waals surface area contributed by atoms with Gasteiger partial charge in [0.2, 0.25) is 5.91 Å². The quantitative estimate of drug-likeness (QED) is 0.643. The number of aryl methyl sites for hydroxylation is 3. The average molecular weight is 417 g/mol. The third kappa shape index (κ3) is 5.24. The largest absolute Gasteiger partial charge is 0.322 e. The maximum Gasteiger partial charge on any atom is 0.248 e. The van der Waals surface area contributed by atoms with Gasteiger partial charge in [0.25, 0.3) is 0 Å². The fourth-order valence-electron chi connectivity index (χ4n) is 3.88. The van der Waals surface area contributed by atoms with Gasteiger partial charge in [-0.25, -0.2) is 4.68 Å². The van der Waals surface area contributed by atoms with Crippen LogP contribution in [0.25, 0.3) is 11.4 Å². The maximum atomic E-state index is 12.5. The Kier molecular flexibility index (Phi) is 6.23. The number of nitrogens with zero attached hydrogens (tertiary/aromatic N) is 5. The fraction of sp³-hybridized carbons (Fsp3) is 0.333. The molecule has 1 aliphatic rings. The van der Waals surface area contributed by atoms with Crippen molar-refractivity contribution in [3.63, 3.8) is 0 Å². The Balaban J connectivity index is 1.32. The lowest BCUT2D eigenvalue weighted by Gasteiger charge is -2.28. The summed E-state index contributed by atoms with van der Waals surface area (Å²) in [5.74, 6) is 0.566. The van der Waals surface area contributed by atoms with Crippen molar-refractivity contribution in [3.8, 4) is 11.4 Å². The van der Waals surface area contributed by atoms with Gasteiger partial charge in [0.15, 0.2) is 5.82 Å². The topological polar surface area (TPSA) is 75.9 Å². The first kappa shape index (κ1) is 20.9. The zero-order chi connectivity index (χ0) is 21.8. The van der Waals surface area contributed by atoms with E-state index in [0.717, 1.165) is 43.7 Å². The number of amides is 1. The molecule has 1 aliphatic heterocycles. The molecule has 2 heterocycles. The molecule has 0 bridgehead atoms. The SMILES string of the molecule is Cc1ccc(CN2CCC(=CC(=O)Nc3cccc(-c4nnnn4C)c3)CC2)cc1C. The highest BCUT2D eigenvalue weighted by Gasteiger charge is 2.15. The lowest BCUT2D eigenvalue weighted by atomic mass is 10.0. The zero-order valence-corrected chi connectivity index (χ0v) is 18.3. The van der Waals surface area contributed by atoms with E-state index in [1.165, 1.54) is 22.3 Å².